The van der Waals surface area contributed by atoms with Gasteiger partial charge in [0.05, 0.1) is 6.61 Å². The molecule has 21 heavy (non-hydrogen) atoms. The van der Waals surface area contributed by atoms with Crippen LogP contribution in [0.4, 0.5) is 0 Å². The Kier molecular flexibility index (Phi) is 5.33. The number of carbonyl (C=O) groups is 1. The third kappa shape index (κ3) is 4.06. The van der Waals surface area contributed by atoms with Crippen LogP contribution >= 0.6 is 0 Å². The number of hydrogen-bond acceptors (Lipinski definition) is 2. The molecule has 0 saturated heterocycles. The van der Waals surface area contributed by atoms with E-state index in [1.807, 2.05) is 43.3 Å². The summed E-state index contributed by atoms with van der Waals surface area (Å²) >= 11 is 0. The highest BCUT2D eigenvalue weighted by atomic mass is 16.5. The predicted molar refractivity (Wildman–Crippen MR) is 86.1 cm³/mol. The Bertz CT molecular complexity index is 615. The zero-order valence-corrected chi connectivity index (χ0v) is 12.3. The van der Waals surface area contributed by atoms with Crippen molar-refractivity contribution >= 4 is 6.29 Å². The van der Waals surface area contributed by atoms with Crippen LogP contribution in [0.2, 0.25) is 0 Å². The Morgan fingerprint density at radius 2 is 1.95 bits per heavy atom. The third-order valence-corrected chi connectivity index (χ3v) is 3.35. The molecule has 0 heterocycles. The molecule has 2 heteroatoms. The van der Waals surface area contributed by atoms with Crippen molar-refractivity contribution in [2.45, 2.75) is 19.8 Å². The largest absolute Gasteiger partial charge is 0.493 e. The molecule has 0 fully saturated rings. The van der Waals surface area contributed by atoms with E-state index in [9.17, 15) is 4.79 Å². The quantitative estimate of drug-likeness (QED) is 0.562. The van der Waals surface area contributed by atoms with Crippen LogP contribution in [0.3, 0.4) is 0 Å². The van der Waals surface area contributed by atoms with Crippen LogP contribution in [-0.4, -0.2) is 12.9 Å². The fourth-order valence-corrected chi connectivity index (χ4v) is 2.37. The highest BCUT2D eigenvalue weighted by Gasteiger charge is 2.09. The van der Waals surface area contributed by atoms with Gasteiger partial charge in [-0.1, -0.05) is 36.4 Å². The number of rotatable bonds is 7. The lowest BCUT2D eigenvalue weighted by Gasteiger charge is -2.14. The standard InChI is InChI=1S/C19H20O2/c1-3-7-18-13-17(14-20)12-15(2)19(18)21-11-10-16-8-5-4-6-9-16/h3-6,8-9,12-14H,1,7,10-11H2,2H3. The number of aryl methyl sites for hydroxylation is 1. The lowest BCUT2D eigenvalue weighted by molar-refractivity contribution is 0.112. The molecule has 2 nitrogen and oxygen atoms in total. The molecule has 0 spiro atoms. The Morgan fingerprint density at radius 3 is 2.62 bits per heavy atom. The zero-order chi connectivity index (χ0) is 15.1. The van der Waals surface area contributed by atoms with Crippen molar-refractivity contribution in [3.05, 3.63) is 77.4 Å². The summed E-state index contributed by atoms with van der Waals surface area (Å²) in [4.78, 5) is 11.0. The monoisotopic (exact) mass is 280 g/mol. The average molecular weight is 280 g/mol. The van der Waals surface area contributed by atoms with Gasteiger partial charge in [-0.15, -0.1) is 6.58 Å². The van der Waals surface area contributed by atoms with Crippen molar-refractivity contribution in [2.24, 2.45) is 0 Å². The number of benzene rings is 2. The summed E-state index contributed by atoms with van der Waals surface area (Å²) in [6.07, 6.45) is 4.26. The molecular formula is C19H20O2. The van der Waals surface area contributed by atoms with Crippen LogP contribution in [0.25, 0.3) is 0 Å². The van der Waals surface area contributed by atoms with Crippen molar-refractivity contribution in [1.29, 1.82) is 0 Å². The second kappa shape index (κ2) is 7.44. The number of aldehydes is 1. The van der Waals surface area contributed by atoms with Gasteiger partial charge in [0.1, 0.15) is 12.0 Å². The van der Waals surface area contributed by atoms with Crippen molar-refractivity contribution in [1.82, 2.24) is 0 Å². The van der Waals surface area contributed by atoms with E-state index in [4.69, 9.17) is 4.74 Å². The second-order valence-electron chi connectivity index (χ2n) is 5.02. The van der Waals surface area contributed by atoms with Gasteiger partial charge < -0.3 is 4.74 Å². The smallest absolute Gasteiger partial charge is 0.150 e. The molecule has 0 atom stereocenters. The van der Waals surface area contributed by atoms with E-state index >= 15 is 0 Å². The maximum Gasteiger partial charge on any atom is 0.150 e. The third-order valence-electron chi connectivity index (χ3n) is 3.35. The normalized spacial score (nSPS) is 10.1. The molecule has 108 valence electrons. The van der Waals surface area contributed by atoms with Gasteiger partial charge in [-0.05, 0) is 42.2 Å². The van der Waals surface area contributed by atoms with Crippen LogP contribution in [0.1, 0.15) is 27.0 Å². The molecule has 2 aromatic carbocycles. The van der Waals surface area contributed by atoms with E-state index in [-0.39, 0.29) is 0 Å². The van der Waals surface area contributed by atoms with Gasteiger partial charge in [0.2, 0.25) is 0 Å². The minimum atomic E-state index is 0.620. The maximum absolute atomic E-state index is 11.0. The van der Waals surface area contributed by atoms with Gasteiger partial charge in [0.15, 0.2) is 0 Å². The highest BCUT2D eigenvalue weighted by molar-refractivity contribution is 5.76. The number of allylic oxidation sites excluding steroid dienone is 1. The molecule has 0 radical (unpaired) electrons. The van der Waals surface area contributed by atoms with E-state index in [2.05, 4.69) is 18.7 Å². The summed E-state index contributed by atoms with van der Waals surface area (Å²) in [6, 6.07) is 14.0. The van der Waals surface area contributed by atoms with E-state index in [0.717, 1.165) is 29.6 Å². The van der Waals surface area contributed by atoms with Crippen molar-refractivity contribution in [3.63, 3.8) is 0 Å². The average Bonchev–Trinajstić information content (AvgIpc) is 2.51. The van der Waals surface area contributed by atoms with Crippen LogP contribution in [0, 0.1) is 6.92 Å². The van der Waals surface area contributed by atoms with Crippen LogP contribution in [0.5, 0.6) is 5.75 Å². The first-order chi connectivity index (χ1) is 10.2. The molecule has 0 N–H and O–H groups in total. The van der Waals surface area contributed by atoms with E-state index < -0.39 is 0 Å². The first kappa shape index (κ1) is 15.0. The van der Waals surface area contributed by atoms with Crippen LogP contribution < -0.4 is 4.74 Å². The second-order valence-corrected chi connectivity index (χ2v) is 5.02. The summed E-state index contributed by atoms with van der Waals surface area (Å²) in [5, 5.41) is 0. The summed E-state index contributed by atoms with van der Waals surface area (Å²) in [6.45, 7) is 6.36. The Labute approximate surface area is 126 Å². The first-order valence-electron chi connectivity index (χ1n) is 7.11. The number of hydrogen-bond donors (Lipinski definition) is 0. The predicted octanol–water partition coefficient (Wildman–Crippen LogP) is 4.16. The van der Waals surface area contributed by atoms with Crippen molar-refractivity contribution < 1.29 is 9.53 Å². The molecule has 0 aliphatic heterocycles. The van der Waals surface area contributed by atoms with Crippen molar-refractivity contribution in [3.8, 4) is 5.75 Å². The van der Waals surface area contributed by atoms with Crippen LogP contribution in [0.15, 0.2) is 55.1 Å². The van der Waals surface area contributed by atoms with E-state index in [1.165, 1.54) is 5.56 Å². The Balaban J connectivity index is 2.11. The summed E-state index contributed by atoms with van der Waals surface area (Å²) < 4.78 is 5.96. The lowest BCUT2D eigenvalue weighted by atomic mass is 10.0. The van der Waals surface area contributed by atoms with Gasteiger partial charge in [-0.3, -0.25) is 4.79 Å². The van der Waals surface area contributed by atoms with Gasteiger partial charge in [-0.25, -0.2) is 0 Å². The molecule has 2 rings (SSSR count). The SMILES string of the molecule is C=CCc1cc(C=O)cc(C)c1OCCc1ccccc1. The molecule has 0 amide bonds. The zero-order valence-electron chi connectivity index (χ0n) is 12.3. The fourth-order valence-electron chi connectivity index (χ4n) is 2.37. The van der Waals surface area contributed by atoms with Gasteiger partial charge in [0, 0.05) is 12.0 Å². The summed E-state index contributed by atoms with van der Waals surface area (Å²) in [5.41, 5.74) is 3.94. The van der Waals surface area contributed by atoms with E-state index in [1.54, 1.807) is 0 Å². The molecule has 0 unspecified atom stereocenters. The first-order valence-corrected chi connectivity index (χ1v) is 7.11. The molecule has 0 aliphatic carbocycles. The Hall–Kier alpha value is -2.35. The van der Waals surface area contributed by atoms with Gasteiger partial charge in [-0.2, -0.15) is 0 Å². The number of carbonyl (C=O) groups excluding carboxylic acids is 1. The van der Waals surface area contributed by atoms with Crippen LogP contribution in [-0.2, 0) is 12.8 Å². The number of ether oxygens (including phenoxy) is 1. The molecular weight excluding hydrogens is 260 g/mol. The summed E-state index contributed by atoms with van der Waals surface area (Å²) in [5.74, 6) is 0.872. The molecule has 0 aromatic heterocycles. The molecule has 0 bridgehead atoms. The minimum absolute atomic E-state index is 0.620. The minimum Gasteiger partial charge on any atom is -0.493 e. The molecule has 2 aromatic rings. The summed E-state index contributed by atoms with van der Waals surface area (Å²) in [7, 11) is 0. The topological polar surface area (TPSA) is 26.3 Å². The van der Waals surface area contributed by atoms with Gasteiger partial charge >= 0.3 is 0 Å². The molecule has 0 saturated carbocycles. The fraction of sp³-hybridized carbons (Fsp3) is 0.211. The van der Waals surface area contributed by atoms with Gasteiger partial charge in [0.25, 0.3) is 0 Å². The molecule has 0 aliphatic rings. The van der Waals surface area contributed by atoms with Crippen molar-refractivity contribution in [2.75, 3.05) is 6.61 Å². The Morgan fingerprint density at radius 1 is 1.19 bits per heavy atom. The highest BCUT2D eigenvalue weighted by Crippen LogP contribution is 2.26. The lowest BCUT2D eigenvalue weighted by Crippen LogP contribution is -2.05. The van der Waals surface area contributed by atoms with E-state index in [0.29, 0.717) is 18.6 Å². The maximum atomic E-state index is 11.0.